The summed E-state index contributed by atoms with van der Waals surface area (Å²) in [5.74, 6) is 0.154. The summed E-state index contributed by atoms with van der Waals surface area (Å²) in [5, 5.41) is 7.82. The van der Waals surface area contributed by atoms with Crippen LogP contribution in [0.15, 0.2) is 79.0 Å². The molecule has 0 bridgehead atoms. The number of nitrogens with one attached hydrogen (secondary N) is 2. The van der Waals surface area contributed by atoms with E-state index >= 15 is 0 Å². The Balaban J connectivity index is 0.922. The summed E-state index contributed by atoms with van der Waals surface area (Å²) in [6.45, 7) is 2.58. The quantitative estimate of drug-likeness (QED) is 0.325. The summed E-state index contributed by atoms with van der Waals surface area (Å²) in [7, 11) is 0. The number of pyridine rings is 1. The van der Waals surface area contributed by atoms with Crippen LogP contribution in [0.3, 0.4) is 0 Å². The topological polar surface area (TPSA) is 112 Å². The Kier molecular flexibility index (Phi) is 7.29. The molecule has 9 heteroatoms. The van der Waals surface area contributed by atoms with Crippen molar-refractivity contribution in [2.75, 3.05) is 24.5 Å². The first-order valence-electron chi connectivity index (χ1n) is 15.2. The third-order valence-corrected chi connectivity index (χ3v) is 9.12. The molecule has 4 heterocycles. The van der Waals surface area contributed by atoms with Gasteiger partial charge < -0.3 is 15.1 Å². The van der Waals surface area contributed by atoms with E-state index in [1.54, 1.807) is 18.2 Å². The van der Waals surface area contributed by atoms with Gasteiger partial charge >= 0.3 is 0 Å². The standard InChI is InChI=1S/C35H33N5O4/c41-32-13-11-30(34(43)38-32)40-21-26-18-24(8-10-29(26)35(40)44)33(42)37-19-22-14-16-39(17-15-22)31-12-9-25(20-36-31)28-7-3-5-23-4-1-2-6-27(23)28/h1-10,12,18,20,22,30H,11,13-17,19,21H2,(H,37,42)(H,38,41,43). The second-order valence-electron chi connectivity index (χ2n) is 11.8. The largest absolute Gasteiger partial charge is 0.357 e. The zero-order valence-corrected chi connectivity index (χ0v) is 24.3. The van der Waals surface area contributed by atoms with Crippen LogP contribution >= 0.6 is 0 Å². The fraction of sp³-hybridized carbons (Fsp3) is 0.286. The number of fused-ring (bicyclic) bond motifs is 2. The molecular formula is C35H33N5O4. The third kappa shape index (κ3) is 5.30. The minimum absolute atomic E-state index is 0.173. The van der Waals surface area contributed by atoms with Crippen molar-refractivity contribution < 1.29 is 19.2 Å². The molecule has 2 saturated heterocycles. The Morgan fingerprint density at radius 2 is 1.73 bits per heavy atom. The Bertz CT molecular complexity index is 1770. The van der Waals surface area contributed by atoms with Gasteiger partial charge in [-0.05, 0) is 77.4 Å². The molecule has 0 aliphatic carbocycles. The van der Waals surface area contributed by atoms with Crippen molar-refractivity contribution in [2.45, 2.75) is 38.3 Å². The normalized spacial score (nSPS) is 18.8. The van der Waals surface area contributed by atoms with E-state index in [0.29, 0.717) is 30.0 Å². The second kappa shape index (κ2) is 11.6. The summed E-state index contributed by atoms with van der Waals surface area (Å²) in [6.07, 6.45) is 4.37. The first-order chi connectivity index (χ1) is 21.4. The Morgan fingerprint density at radius 3 is 2.52 bits per heavy atom. The summed E-state index contributed by atoms with van der Waals surface area (Å²) in [5.41, 5.74) is 3.99. The molecule has 3 aliphatic rings. The van der Waals surface area contributed by atoms with E-state index in [-0.39, 0.29) is 30.7 Å². The number of piperidine rings is 2. The van der Waals surface area contributed by atoms with Crippen molar-refractivity contribution in [3.63, 3.8) is 0 Å². The van der Waals surface area contributed by atoms with Crippen LogP contribution in [0.25, 0.3) is 21.9 Å². The number of nitrogens with zero attached hydrogens (tertiary/aromatic N) is 3. The van der Waals surface area contributed by atoms with Crippen molar-refractivity contribution in [1.29, 1.82) is 0 Å². The van der Waals surface area contributed by atoms with E-state index in [9.17, 15) is 19.2 Å². The van der Waals surface area contributed by atoms with Crippen LogP contribution in [-0.4, -0.2) is 59.2 Å². The molecule has 0 radical (unpaired) electrons. The molecular weight excluding hydrogens is 554 g/mol. The number of carbonyl (C=O) groups is 4. The smallest absolute Gasteiger partial charge is 0.255 e. The molecule has 1 aromatic heterocycles. The number of rotatable bonds is 6. The first-order valence-corrected chi connectivity index (χ1v) is 15.2. The lowest BCUT2D eigenvalue weighted by Gasteiger charge is -2.33. The summed E-state index contributed by atoms with van der Waals surface area (Å²) >= 11 is 0. The molecule has 0 saturated carbocycles. The van der Waals surface area contributed by atoms with Gasteiger partial charge in [0, 0.05) is 55.5 Å². The van der Waals surface area contributed by atoms with Crippen molar-refractivity contribution in [1.82, 2.24) is 20.5 Å². The SMILES string of the molecule is O=C1CCC(N2Cc3cc(C(=O)NCC4CCN(c5ccc(-c6cccc7ccccc67)cn5)CC4)ccc3C2=O)C(=O)N1. The van der Waals surface area contributed by atoms with Crippen LogP contribution in [0.4, 0.5) is 5.82 Å². The predicted molar refractivity (Wildman–Crippen MR) is 167 cm³/mol. The predicted octanol–water partition coefficient (Wildman–Crippen LogP) is 4.31. The van der Waals surface area contributed by atoms with Crippen LogP contribution in [0.5, 0.6) is 0 Å². The maximum absolute atomic E-state index is 13.0. The second-order valence-corrected chi connectivity index (χ2v) is 11.8. The summed E-state index contributed by atoms with van der Waals surface area (Å²) in [6, 6.07) is 23.4. The lowest BCUT2D eigenvalue weighted by molar-refractivity contribution is -0.136. The molecule has 2 N–H and O–H groups in total. The number of anilines is 1. The molecule has 0 spiro atoms. The maximum atomic E-state index is 13.0. The highest BCUT2D eigenvalue weighted by Crippen LogP contribution is 2.31. The fourth-order valence-electron chi connectivity index (χ4n) is 6.63. The number of hydrogen-bond acceptors (Lipinski definition) is 6. The van der Waals surface area contributed by atoms with Crippen LogP contribution in [0.1, 0.15) is 52.0 Å². The number of imide groups is 1. The van der Waals surface area contributed by atoms with Gasteiger partial charge in [-0.3, -0.25) is 24.5 Å². The van der Waals surface area contributed by atoms with E-state index in [0.717, 1.165) is 42.9 Å². The number of aromatic nitrogens is 1. The van der Waals surface area contributed by atoms with Crippen molar-refractivity contribution in [3.05, 3.63) is 95.7 Å². The molecule has 44 heavy (non-hydrogen) atoms. The van der Waals surface area contributed by atoms with Gasteiger partial charge in [0.1, 0.15) is 11.9 Å². The van der Waals surface area contributed by atoms with Gasteiger partial charge in [0.15, 0.2) is 0 Å². The molecule has 3 aromatic carbocycles. The van der Waals surface area contributed by atoms with Gasteiger partial charge in [0.2, 0.25) is 11.8 Å². The van der Waals surface area contributed by atoms with E-state index in [4.69, 9.17) is 4.98 Å². The number of hydrogen-bond donors (Lipinski definition) is 2. The van der Waals surface area contributed by atoms with Crippen molar-refractivity contribution >= 4 is 40.2 Å². The zero-order valence-electron chi connectivity index (χ0n) is 24.3. The molecule has 9 nitrogen and oxygen atoms in total. The maximum Gasteiger partial charge on any atom is 0.255 e. The lowest BCUT2D eigenvalue weighted by atomic mass is 9.96. The zero-order chi connectivity index (χ0) is 30.2. The third-order valence-electron chi connectivity index (χ3n) is 9.12. The Labute approximate surface area is 255 Å². The molecule has 1 unspecified atom stereocenters. The lowest BCUT2D eigenvalue weighted by Crippen LogP contribution is -2.52. The monoisotopic (exact) mass is 587 g/mol. The van der Waals surface area contributed by atoms with E-state index in [1.165, 1.54) is 21.2 Å². The minimum atomic E-state index is -0.673. The average molecular weight is 588 g/mol. The van der Waals surface area contributed by atoms with Gasteiger partial charge in [0.05, 0.1) is 0 Å². The van der Waals surface area contributed by atoms with E-state index < -0.39 is 11.9 Å². The van der Waals surface area contributed by atoms with E-state index in [1.807, 2.05) is 6.20 Å². The number of benzene rings is 3. The van der Waals surface area contributed by atoms with Gasteiger partial charge in [-0.25, -0.2) is 4.98 Å². The van der Waals surface area contributed by atoms with Crippen LogP contribution in [0.2, 0.25) is 0 Å². The van der Waals surface area contributed by atoms with E-state index in [2.05, 4.69) is 70.1 Å². The Morgan fingerprint density at radius 1 is 0.909 bits per heavy atom. The fourth-order valence-corrected chi connectivity index (χ4v) is 6.63. The summed E-state index contributed by atoms with van der Waals surface area (Å²) < 4.78 is 0. The summed E-state index contributed by atoms with van der Waals surface area (Å²) in [4.78, 5) is 58.4. The van der Waals surface area contributed by atoms with Gasteiger partial charge in [-0.15, -0.1) is 0 Å². The molecule has 2 fully saturated rings. The number of amides is 4. The molecule has 1 atom stereocenters. The average Bonchev–Trinajstić information content (AvgIpc) is 3.38. The highest BCUT2D eigenvalue weighted by atomic mass is 16.2. The number of carbonyl (C=O) groups excluding carboxylic acids is 4. The van der Waals surface area contributed by atoms with Gasteiger partial charge in [0.25, 0.3) is 11.8 Å². The molecule has 7 rings (SSSR count). The molecule has 4 amide bonds. The first kappa shape index (κ1) is 27.8. The van der Waals surface area contributed by atoms with Crippen LogP contribution in [0, 0.1) is 5.92 Å². The van der Waals surface area contributed by atoms with Gasteiger partial charge in [-0.2, -0.15) is 0 Å². The molecule has 4 aromatic rings. The van der Waals surface area contributed by atoms with Crippen LogP contribution in [-0.2, 0) is 16.1 Å². The van der Waals surface area contributed by atoms with Crippen LogP contribution < -0.4 is 15.5 Å². The Hall–Kier alpha value is -5.05. The molecule has 3 aliphatic heterocycles. The molecule has 222 valence electrons. The minimum Gasteiger partial charge on any atom is -0.357 e. The van der Waals surface area contributed by atoms with Gasteiger partial charge in [-0.1, -0.05) is 42.5 Å². The van der Waals surface area contributed by atoms with Crippen molar-refractivity contribution in [3.8, 4) is 11.1 Å². The highest BCUT2D eigenvalue weighted by Gasteiger charge is 2.39. The van der Waals surface area contributed by atoms with Crippen molar-refractivity contribution in [2.24, 2.45) is 5.92 Å². The highest BCUT2D eigenvalue weighted by molar-refractivity contribution is 6.06.